The lowest BCUT2D eigenvalue weighted by atomic mass is 10.2. The van der Waals surface area contributed by atoms with Gasteiger partial charge in [-0.25, -0.2) is 17.5 Å². The first-order valence-electron chi connectivity index (χ1n) is 6.98. The molecule has 6 nitrogen and oxygen atoms in total. The summed E-state index contributed by atoms with van der Waals surface area (Å²) in [6.07, 6.45) is 2.07. The molecule has 0 unspecified atom stereocenters. The van der Waals surface area contributed by atoms with Crippen LogP contribution < -0.4 is 4.72 Å². The van der Waals surface area contributed by atoms with Crippen LogP contribution in [0.4, 0.5) is 10.1 Å². The molecular weight excluding hydrogens is 333 g/mol. The molecule has 24 heavy (non-hydrogen) atoms. The van der Waals surface area contributed by atoms with Gasteiger partial charge in [-0.3, -0.25) is 4.72 Å². The number of phenols is 1. The van der Waals surface area contributed by atoms with E-state index < -0.39 is 15.8 Å². The number of hydrogen-bond donors (Lipinski definition) is 2. The Kier molecular flexibility index (Phi) is 3.98. The van der Waals surface area contributed by atoms with E-state index >= 15 is 0 Å². The number of halogens is 1. The van der Waals surface area contributed by atoms with Gasteiger partial charge in [0.2, 0.25) is 0 Å². The van der Waals surface area contributed by atoms with Crippen molar-refractivity contribution in [2.75, 3.05) is 4.72 Å². The number of hydrogen-bond acceptors (Lipinski definition) is 4. The van der Waals surface area contributed by atoms with Gasteiger partial charge in [0.05, 0.1) is 23.0 Å². The third kappa shape index (κ3) is 3.23. The van der Waals surface area contributed by atoms with E-state index in [9.17, 15) is 17.9 Å². The van der Waals surface area contributed by atoms with E-state index in [1.807, 2.05) is 6.92 Å². The van der Waals surface area contributed by atoms with Gasteiger partial charge in [-0.05, 0) is 37.3 Å². The molecule has 2 N–H and O–H groups in total. The van der Waals surface area contributed by atoms with Crippen LogP contribution in [0.25, 0.3) is 5.69 Å². The Morgan fingerprint density at radius 2 is 1.88 bits per heavy atom. The molecule has 0 amide bonds. The van der Waals surface area contributed by atoms with Crippen LogP contribution in [0.2, 0.25) is 0 Å². The first kappa shape index (κ1) is 16.0. The van der Waals surface area contributed by atoms with E-state index in [0.717, 1.165) is 22.6 Å². The molecule has 0 aliphatic heterocycles. The van der Waals surface area contributed by atoms with Crippen LogP contribution in [-0.2, 0) is 10.0 Å². The summed E-state index contributed by atoms with van der Waals surface area (Å²) in [6, 6.07) is 10.5. The summed E-state index contributed by atoms with van der Waals surface area (Å²) in [5, 5.41) is 13.6. The molecule has 0 atom stereocenters. The summed E-state index contributed by atoms with van der Waals surface area (Å²) in [6.45, 7) is 1.86. The second kappa shape index (κ2) is 5.97. The summed E-state index contributed by atoms with van der Waals surface area (Å²) in [5.74, 6) is -0.726. The summed E-state index contributed by atoms with van der Waals surface area (Å²) in [5.41, 5.74) is 1.32. The number of rotatable bonds is 4. The van der Waals surface area contributed by atoms with Crippen LogP contribution >= 0.6 is 0 Å². The average molecular weight is 347 g/mol. The zero-order valence-corrected chi connectivity index (χ0v) is 13.5. The Morgan fingerprint density at radius 1 is 1.17 bits per heavy atom. The highest BCUT2D eigenvalue weighted by Gasteiger charge is 2.15. The molecule has 0 aliphatic rings. The Bertz CT molecular complexity index is 982. The van der Waals surface area contributed by atoms with Gasteiger partial charge in [-0.1, -0.05) is 17.7 Å². The van der Waals surface area contributed by atoms with Gasteiger partial charge >= 0.3 is 0 Å². The Hall–Kier alpha value is -2.87. The quantitative estimate of drug-likeness (QED) is 0.711. The lowest BCUT2D eigenvalue weighted by Crippen LogP contribution is -2.13. The number of nitrogens with one attached hydrogen (secondary N) is 1. The maximum atomic E-state index is 13.1. The largest absolute Gasteiger partial charge is 0.506 e. The highest BCUT2D eigenvalue weighted by Crippen LogP contribution is 2.26. The second-order valence-corrected chi connectivity index (χ2v) is 6.91. The number of aryl methyl sites for hydroxylation is 1. The van der Waals surface area contributed by atoms with Crippen LogP contribution in [0.1, 0.15) is 5.56 Å². The third-order valence-electron chi connectivity index (χ3n) is 3.36. The second-order valence-electron chi connectivity index (χ2n) is 5.23. The fourth-order valence-electron chi connectivity index (χ4n) is 2.13. The summed E-state index contributed by atoms with van der Waals surface area (Å²) in [7, 11) is -3.77. The molecule has 1 heterocycles. The predicted molar refractivity (Wildman–Crippen MR) is 87.2 cm³/mol. The van der Waals surface area contributed by atoms with Gasteiger partial charge in [0.15, 0.2) is 5.82 Å². The Balaban J connectivity index is 1.94. The number of nitrogens with zero attached hydrogens (tertiary/aromatic N) is 2. The molecule has 8 heteroatoms. The van der Waals surface area contributed by atoms with E-state index in [-0.39, 0.29) is 22.0 Å². The first-order valence-corrected chi connectivity index (χ1v) is 8.46. The maximum absolute atomic E-state index is 13.1. The minimum Gasteiger partial charge on any atom is -0.506 e. The van der Waals surface area contributed by atoms with Crippen molar-refractivity contribution in [1.82, 2.24) is 9.78 Å². The molecule has 3 aromatic rings. The molecule has 3 rings (SSSR count). The smallest absolute Gasteiger partial charge is 0.261 e. The van der Waals surface area contributed by atoms with Crippen LogP contribution in [0, 0.1) is 12.7 Å². The predicted octanol–water partition coefficient (Wildman–Crippen LogP) is 2.83. The Labute approximate surface area is 138 Å². The lowest BCUT2D eigenvalue weighted by Gasteiger charge is -2.11. The molecule has 0 saturated heterocycles. The van der Waals surface area contributed by atoms with Crippen LogP contribution in [-0.4, -0.2) is 23.3 Å². The standard InChI is InChI=1S/C16H14FN3O3S/c1-11-2-5-14(6-3-11)24(22,23)19-13-4-7-16(21)15(8-13)20-10-12(17)9-18-20/h2-10,19,21H,1H3. The molecule has 0 fully saturated rings. The van der Waals surface area contributed by atoms with Crippen molar-refractivity contribution in [1.29, 1.82) is 0 Å². The van der Waals surface area contributed by atoms with Gasteiger partial charge in [0.25, 0.3) is 10.0 Å². The SMILES string of the molecule is Cc1ccc(S(=O)(=O)Nc2ccc(O)c(-n3cc(F)cn3)c2)cc1. The molecule has 0 radical (unpaired) electrons. The van der Waals surface area contributed by atoms with E-state index in [2.05, 4.69) is 9.82 Å². The number of aromatic nitrogens is 2. The van der Waals surface area contributed by atoms with E-state index in [1.54, 1.807) is 12.1 Å². The van der Waals surface area contributed by atoms with Crippen molar-refractivity contribution in [3.05, 3.63) is 66.2 Å². The molecule has 0 saturated carbocycles. The Morgan fingerprint density at radius 3 is 2.50 bits per heavy atom. The van der Waals surface area contributed by atoms with Gasteiger partial charge in [-0.15, -0.1) is 0 Å². The zero-order valence-electron chi connectivity index (χ0n) is 12.6. The van der Waals surface area contributed by atoms with E-state index in [1.165, 1.54) is 30.3 Å². The van der Waals surface area contributed by atoms with Crippen LogP contribution in [0.5, 0.6) is 5.75 Å². The highest BCUT2D eigenvalue weighted by atomic mass is 32.2. The fourth-order valence-corrected chi connectivity index (χ4v) is 3.18. The topological polar surface area (TPSA) is 84.2 Å². The first-order chi connectivity index (χ1) is 11.3. The van der Waals surface area contributed by atoms with Crippen molar-refractivity contribution < 1.29 is 17.9 Å². The van der Waals surface area contributed by atoms with Crippen LogP contribution in [0.3, 0.4) is 0 Å². The fraction of sp³-hybridized carbons (Fsp3) is 0.0625. The van der Waals surface area contributed by atoms with Crippen molar-refractivity contribution in [2.45, 2.75) is 11.8 Å². The third-order valence-corrected chi connectivity index (χ3v) is 4.75. The normalized spacial score (nSPS) is 11.4. The molecule has 2 aromatic carbocycles. The zero-order chi connectivity index (χ0) is 17.3. The molecule has 0 spiro atoms. The summed E-state index contributed by atoms with van der Waals surface area (Å²) < 4.78 is 41.4. The van der Waals surface area contributed by atoms with E-state index in [4.69, 9.17) is 0 Å². The monoisotopic (exact) mass is 347 g/mol. The molecule has 0 aliphatic carbocycles. The van der Waals surface area contributed by atoms with Crippen LogP contribution in [0.15, 0.2) is 59.8 Å². The number of sulfonamides is 1. The number of benzene rings is 2. The highest BCUT2D eigenvalue weighted by molar-refractivity contribution is 7.92. The van der Waals surface area contributed by atoms with Crippen molar-refractivity contribution >= 4 is 15.7 Å². The minimum absolute atomic E-state index is 0.118. The van der Waals surface area contributed by atoms with Gasteiger partial charge in [0, 0.05) is 0 Å². The molecule has 1 aromatic heterocycles. The van der Waals surface area contributed by atoms with Gasteiger partial charge < -0.3 is 5.11 Å². The number of aromatic hydroxyl groups is 1. The molecule has 0 bridgehead atoms. The lowest BCUT2D eigenvalue weighted by molar-refractivity contribution is 0.470. The average Bonchev–Trinajstić information content (AvgIpc) is 2.96. The van der Waals surface area contributed by atoms with Crippen molar-refractivity contribution in [2.24, 2.45) is 0 Å². The molecule has 124 valence electrons. The van der Waals surface area contributed by atoms with Crippen molar-refractivity contribution in [3.8, 4) is 11.4 Å². The number of phenolic OH excluding ortho intramolecular Hbond substituents is 1. The van der Waals surface area contributed by atoms with E-state index in [0.29, 0.717) is 0 Å². The maximum Gasteiger partial charge on any atom is 0.261 e. The summed E-state index contributed by atoms with van der Waals surface area (Å²) in [4.78, 5) is 0.118. The number of anilines is 1. The summed E-state index contributed by atoms with van der Waals surface area (Å²) >= 11 is 0. The van der Waals surface area contributed by atoms with Gasteiger partial charge in [0.1, 0.15) is 11.4 Å². The van der Waals surface area contributed by atoms with Crippen molar-refractivity contribution in [3.63, 3.8) is 0 Å². The minimum atomic E-state index is -3.77. The molecular formula is C16H14FN3O3S. The van der Waals surface area contributed by atoms with Gasteiger partial charge in [-0.2, -0.15) is 5.10 Å².